The van der Waals surface area contributed by atoms with Crippen molar-refractivity contribution in [2.24, 2.45) is 0 Å². The maximum Gasteiger partial charge on any atom is 0.168 e. The van der Waals surface area contributed by atoms with Gasteiger partial charge >= 0.3 is 0 Å². The third-order valence-electron chi connectivity index (χ3n) is 4.28. The lowest BCUT2D eigenvalue weighted by atomic mass is 10.1. The summed E-state index contributed by atoms with van der Waals surface area (Å²) in [5.41, 5.74) is 0. The topological polar surface area (TPSA) is 63.2 Å². The Morgan fingerprint density at radius 1 is 1.27 bits per heavy atom. The van der Waals surface area contributed by atoms with Crippen LogP contribution in [-0.2, 0) is 6.54 Å². The first-order valence-electron chi connectivity index (χ1n) is 7.99. The number of tetrazole rings is 1. The average molecular weight is 304 g/mol. The Hall–Kier alpha value is -1.73. The van der Waals surface area contributed by atoms with Crippen LogP contribution in [0.15, 0.2) is 22.8 Å². The molecule has 7 heteroatoms. The summed E-state index contributed by atoms with van der Waals surface area (Å²) in [6.07, 6.45) is 3.87. The average Bonchev–Trinajstić information content (AvgIpc) is 3.18. The summed E-state index contributed by atoms with van der Waals surface area (Å²) >= 11 is 0. The van der Waals surface area contributed by atoms with Crippen molar-refractivity contribution in [3.8, 4) is 0 Å². The van der Waals surface area contributed by atoms with Crippen LogP contribution < -0.4 is 0 Å². The highest BCUT2D eigenvalue weighted by Gasteiger charge is 2.27. The maximum atomic E-state index is 5.42. The summed E-state index contributed by atoms with van der Waals surface area (Å²) in [5.74, 6) is 1.82. The van der Waals surface area contributed by atoms with Gasteiger partial charge in [0.1, 0.15) is 12.3 Å². The molecule has 120 valence electrons. The van der Waals surface area contributed by atoms with Gasteiger partial charge in [-0.05, 0) is 36.0 Å². The van der Waals surface area contributed by atoms with Crippen LogP contribution in [0.2, 0.25) is 0 Å². The van der Waals surface area contributed by atoms with Crippen molar-refractivity contribution in [2.45, 2.75) is 32.4 Å². The Balaban J connectivity index is 1.78. The fourth-order valence-corrected chi connectivity index (χ4v) is 2.99. The molecule has 3 heterocycles. The molecule has 0 amide bonds. The van der Waals surface area contributed by atoms with E-state index in [2.05, 4.69) is 39.3 Å². The van der Waals surface area contributed by atoms with E-state index in [0.717, 1.165) is 50.6 Å². The van der Waals surface area contributed by atoms with Gasteiger partial charge < -0.3 is 9.32 Å². The second-order valence-corrected chi connectivity index (χ2v) is 5.92. The normalized spacial score (nSPS) is 18.6. The van der Waals surface area contributed by atoms with Crippen LogP contribution in [0.4, 0.5) is 0 Å². The van der Waals surface area contributed by atoms with Gasteiger partial charge in [-0.3, -0.25) is 4.90 Å². The number of furan rings is 1. The van der Waals surface area contributed by atoms with E-state index in [1.807, 2.05) is 16.8 Å². The smallest absolute Gasteiger partial charge is 0.168 e. The van der Waals surface area contributed by atoms with Gasteiger partial charge in [-0.25, -0.2) is 4.68 Å². The third-order valence-corrected chi connectivity index (χ3v) is 4.28. The van der Waals surface area contributed by atoms with Crippen LogP contribution >= 0.6 is 0 Å². The van der Waals surface area contributed by atoms with Gasteiger partial charge in [0, 0.05) is 26.2 Å². The van der Waals surface area contributed by atoms with E-state index in [1.54, 1.807) is 6.26 Å². The predicted molar refractivity (Wildman–Crippen MR) is 82.3 cm³/mol. The summed E-state index contributed by atoms with van der Waals surface area (Å²) in [7, 11) is 2.17. The molecule has 3 rings (SSSR count). The minimum absolute atomic E-state index is 0.281. The number of rotatable bonds is 6. The van der Waals surface area contributed by atoms with Crippen LogP contribution in [0.5, 0.6) is 0 Å². The van der Waals surface area contributed by atoms with Crippen LogP contribution in [0, 0.1) is 0 Å². The first kappa shape index (κ1) is 15.2. The molecule has 0 bridgehead atoms. The lowest BCUT2D eigenvalue weighted by Crippen LogP contribution is -2.46. The maximum absolute atomic E-state index is 5.42. The van der Waals surface area contributed by atoms with E-state index in [1.165, 1.54) is 0 Å². The van der Waals surface area contributed by atoms with Crippen molar-refractivity contribution in [3.63, 3.8) is 0 Å². The molecular formula is C15H24N6O. The Morgan fingerprint density at radius 2 is 2.09 bits per heavy atom. The minimum Gasteiger partial charge on any atom is -0.467 e. The summed E-state index contributed by atoms with van der Waals surface area (Å²) in [5, 5.41) is 12.4. The zero-order valence-electron chi connectivity index (χ0n) is 13.4. The van der Waals surface area contributed by atoms with Gasteiger partial charge in [0.25, 0.3) is 0 Å². The number of hydrogen-bond donors (Lipinski definition) is 0. The SMILES string of the molecule is CCCC(c1nnnn1Cc1ccco1)N1CCN(C)CC1. The molecule has 1 atom stereocenters. The molecule has 2 aromatic heterocycles. The molecule has 0 aliphatic carbocycles. The Kier molecular flexibility index (Phi) is 4.84. The quantitative estimate of drug-likeness (QED) is 0.804. The van der Waals surface area contributed by atoms with Gasteiger partial charge in [-0.2, -0.15) is 0 Å². The Labute approximate surface area is 130 Å². The molecule has 0 spiro atoms. The zero-order chi connectivity index (χ0) is 15.4. The molecule has 0 radical (unpaired) electrons. The Morgan fingerprint density at radius 3 is 2.77 bits per heavy atom. The van der Waals surface area contributed by atoms with Crippen LogP contribution in [0.25, 0.3) is 0 Å². The molecule has 0 aromatic carbocycles. The summed E-state index contributed by atoms with van der Waals surface area (Å²) in [6, 6.07) is 4.13. The van der Waals surface area contributed by atoms with E-state index in [9.17, 15) is 0 Å². The molecule has 22 heavy (non-hydrogen) atoms. The largest absolute Gasteiger partial charge is 0.467 e. The van der Waals surface area contributed by atoms with Crippen molar-refractivity contribution in [1.29, 1.82) is 0 Å². The van der Waals surface area contributed by atoms with Gasteiger partial charge in [-0.1, -0.05) is 13.3 Å². The first-order valence-corrected chi connectivity index (χ1v) is 7.99. The second kappa shape index (κ2) is 7.02. The summed E-state index contributed by atoms with van der Waals surface area (Å²) < 4.78 is 7.30. The van der Waals surface area contributed by atoms with E-state index in [4.69, 9.17) is 4.42 Å². The van der Waals surface area contributed by atoms with Gasteiger partial charge in [0.2, 0.25) is 0 Å². The lowest BCUT2D eigenvalue weighted by Gasteiger charge is -2.37. The van der Waals surface area contributed by atoms with Crippen molar-refractivity contribution in [2.75, 3.05) is 33.2 Å². The number of aromatic nitrogens is 4. The molecule has 1 aliphatic heterocycles. The van der Waals surface area contributed by atoms with Crippen molar-refractivity contribution >= 4 is 0 Å². The molecule has 0 N–H and O–H groups in total. The fourth-order valence-electron chi connectivity index (χ4n) is 2.99. The number of nitrogens with zero attached hydrogens (tertiary/aromatic N) is 6. The second-order valence-electron chi connectivity index (χ2n) is 5.92. The fraction of sp³-hybridized carbons (Fsp3) is 0.667. The third kappa shape index (κ3) is 3.36. The van der Waals surface area contributed by atoms with Crippen molar-refractivity contribution < 1.29 is 4.42 Å². The monoisotopic (exact) mass is 304 g/mol. The first-order chi connectivity index (χ1) is 10.8. The zero-order valence-corrected chi connectivity index (χ0v) is 13.4. The molecule has 1 saturated heterocycles. The lowest BCUT2D eigenvalue weighted by molar-refractivity contribution is 0.0995. The highest BCUT2D eigenvalue weighted by molar-refractivity contribution is 5.02. The van der Waals surface area contributed by atoms with Crippen LogP contribution in [0.3, 0.4) is 0 Å². The van der Waals surface area contributed by atoms with E-state index < -0.39 is 0 Å². The summed E-state index contributed by atoms with van der Waals surface area (Å²) in [4.78, 5) is 4.87. The molecule has 7 nitrogen and oxygen atoms in total. The minimum atomic E-state index is 0.281. The molecule has 0 saturated carbocycles. The molecule has 1 aliphatic rings. The molecule has 1 fully saturated rings. The van der Waals surface area contributed by atoms with Gasteiger partial charge in [0.05, 0.1) is 12.3 Å². The van der Waals surface area contributed by atoms with Crippen LogP contribution in [-0.4, -0.2) is 63.2 Å². The number of likely N-dealkylation sites (N-methyl/N-ethyl adjacent to an activating group) is 1. The number of hydrogen-bond acceptors (Lipinski definition) is 6. The Bertz CT molecular complexity index is 558. The molecule has 2 aromatic rings. The predicted octanol–water partition coefficient (Wildman–Crippen LogP) is 1.40. The van der Waals surface area contributed by atoms with Crippen molar-refractivity contribution in [1.82, 2.24) is 30.0 Å². The van der Waals surface area contributed by atoms with E-state index >= 15 is 0 Å². The highest BCUT2D eigenvalue weighted by Crippen LogP contribution is 2.25. The number of piperazine rings is 1. The van der Waals surface area contributed by atoms with Crippen molar-refractivity contribution in [3.05, 3.63) is 30.0 Å². The van der Waals surface area contributed by atoms with Crippen LogP contribution in [0.1, 0.15) is 37.4 Å². The standard InChI is InChI=1S/C15H24N6O/c1-3-5-14(20-9-7-19(2)8-10-20)15-16-17-18-21(15)12-13-6-4-11-22-13/h4,6,11,14H,3,5,7-10,12H2,1-2H3. The molecular weight excluding hydrogens is 280 g/mol. The van der Waals surface area contributed by atoms with E-state index in [0.29, 0.717) is 6.54 Å². The molecule has 1 unspecified atom stereocenters. The van der Waals surface area contributed by atoms with E-state index in [-0.39, 0.29) is 6.04 Å². The summed E-state index contributed by atoms with van der Waals surface area (Å²) in [6.45, 7) is 7.12. The highest BCUT2D eigenvalue weighted by atomic mass is 16.3. The van der Waals surface area contributed by atoms with Gasteiger partial charge in [0.15, 0.2) is 5.82 Å². The van der Waals surface area contributed by atoms with Gasteiger partial charge in [-0.15, -0.1) is 5.10 Å².